The zero-order valence-electron chi connectivity index (χ0n) is 15.5. The molecule has 3 aromatic rings. The van der Waals surface area contributed by atoms with Gasteiger partial charge in [0.25, 0.3) is 5.78 Å². The van der Waals surface area contributed by atoms with E-state index in [1.54, 1.807) is 4.90 Å². The van der Waals surface area contributed by atoms with Crippen LogP contribution >= 0.6 is 11.8 Å². The van der Waals surface area contributed by atoms with E-state index in [9.17, 15) is 4.79 Å². The largest absolute Gasteiger partial charge is 0.311 e. The number of carbonyl (C=O) groups is 1. The number of fused-ring (bicyclic) bond motifs is 1. The summed E-state index contributed by atoms with van der Waals surface area (Å²) in [5, 5.41) is 17.8. The van der Waals surface area contributed by atoms with Crippen molar-refractivity contribution >= 4 is 29.1 Å². The quantitative estimate of drug-likeness (QED) is 0.611. The number of hydrogen-bond acceptors (Lipinski definition) is 6. The van der Waals surface area contributed by atoms with Gasteiger partial charge in [-0.1, -0.05) is 29.5 Å². The van der Waals surface area contributed by atoms with Gasteiger partial charge in [0.2, 0.25) is 5.91 Å². The first kappa shape index (κ1) is 18.9. The van der Waals surface area contributed by atoms with E-state index in [0.717, 1.165) is 22.6 Å². The van der Waals surface area contributed by atoms with E-state index in [0.29, 0.717) is 17.5 Å². The summed E-state index contributed by atoms with van der Waals surface area (Å²) in [4.78, 5) is 18.8. The standard InChI is InChI=1S/C19H20N6OS/c1-13-5-7-16(8-6-13)24(10-4-9-20)17(26)12-27-19-23-22-18-21-14(2)11-15(3)25(18)19/h5-8,11H,4,10,12H2,1-3H3. The fraction of sp³-hybridized carbons (Fsp3) is 0.316. The van der Waals surface area contributed by atoms with Gasteiger partial charge in [-0.15, -0.1) is 10.2 Å². The number of thioether (sulfide) groups is 1. The van der Waals surface area contributed by atoms with Crippen molar-refractivity contribution in [2.24, 2.45) is 0 Å². The molecule has 0 bridgehead atoms. The fourth-order valence-electron chi connectivity index (χ4n) is 2.78. The highest BCUT2D eigenvalue weighted by Gasteiger charge is 2.18. The van der Waals surface area contributed by atoms with Crippen LogP contribution in [-0.2, 0) is 4.79 Å². The Labute approximate surface area is 162 Å². The first-order valence-electron chi connectivity index (χ1n) is 8.56. The number of nitrogens with zero attached hydrogens (tertiary/aromatic N) is 6. The maximum Gasteiger partial charge on any atom is 0.256 e. The maximum atomic E-state index is 12.8. The Morgan fingerprint density at radius 3 is 2.67 bits per heavy atom. The molecule has 8 heteroatoms. The number of amides is 1. The summed E-state index contributed by atoms with van der Waals surface area (Å²) in [6, 6.07) is 11.8. The lowest BCUT2D eigenvalue weighted by atomic mass is 10.2. The van der Waals surface area contributed by atoms with Crippen LogP contribution in [0.15, 0.2) is 35.5 Å². The minimum absolute atomic E-state index is 0.0754. The number of hydrogen-bond donors (Lipinski definition) is 0. The van der Waals surface area contributed by atoms with Crippen molar-refractivity contribution in [3.8, 4) is 6.07 Å². The number of nitriles is 1. The SMILES string of the molecule is Cc1ccc(N(CCC#N)C(=O)CSc2nnc3nc(C)cc(C)n23)cc1. The van der Waals surface area contributed by atoms with Crippen molar-refractivity contribution in [3.05, 3.63) is 47.3 Å². The molecule has 0 aliphatic carbocycles. The molecule has 0 spiro atoms. The molecule has 0 N–H and O–H groups in total. The van der Waals surface area contributed by atoms with Gasteiger partial charge in [0.15, 0.2) is 5.16 Å². The van der Waals surface area contributed by atoms with Crippen molar-refractivity contribution in [2.75, 3.05) is 17.2 Å². The summed E-state index contributed by atoms with van der Waals surface area (Å²) in [6.07, 6.45) is 0.278. The Balaban J connectivity index is 1.78. The van der Waals surface area contributed by atoms with Gasteiger partial charge in [0.1, 0.15) is 0 Å². The molecular formula is C19H20N6OS. The van der Waals surface area contributed by atoms with E-state index < -0.39 is 0 Å². The molecule has 0 atom stereocenters. The summed E-state index contributed by atoms with van der Waals surface area (Å²) in [6.45, 7) is 6.23. The van der Waals surface area contributed by atoms with Crippen LogP contribution in [0.3, 0.4) is 0 Å². The predicted octanol–water partition coefficient (Wildman–Crippen LogP) is 3.09. The Hall–Kier alpha value is -2.92. The summed E-state index contributed by atoms with van der Waals surface area (Å²) in [7, 11) is 0. The smallest absolute Gasteiger partial charge is 0.256 e. The molecule has 0 fully saturated rings. The highest BCUT2D eigenvalue weighted by Crippen LogP contribution is 2.21. The molecule has 1 amide bonds. The van der Waals surface area contributed by atoms with Gasteiger partial charge in [-0.25, -0.2) is 4.98 Å². The van der Waals surface area contributed by atoms with Crippen molar-refractivity contribution in [3.63, 3.8) is 0 Å². The number of aryl methyl sites for hydroxylation is 3. The Bertz CT molecular complexity index is 1010. The van der Waals surface area contributed by atoms with Crippen LogP contribution in [0.5, 0.6) is 0 Å². The van der Waals surface area contributed by atoms with Gasteiger partial charge in [-0.3, -0.25) is 9.20 Å². The van der Waals surface area contributed by atoms with Crippen molar-refractivity contribution in [1.29, 1.82) is 5.26 Å². The molecule has 2 aromatic heterocycles. The van der Waals surface area contributed by atoms with Crippen LogP contribution in [0.25, 0.3) is 5.78 Å². The van der Waals surface area contributed by atoms with Crippen LogP contribution in [-0.4, -0.2) is 37.8 Å². The molecule has 0 aliphatic rings. The maximum absolute atomic E-state index is 12.8. The lowest BCUT2D eigenvalue weighted by molar-refractivity contribution is -0.116. The second-order valence-corrected chi connectivity index (χ2v) is 7.18. The zero-order chi connectivity index (χ0) is 19.4. The first-order chi connectivity index (χ1) is 13.0. The van der Waals surface area contributed by atoms with Gasteiger partial charge in [-0.05, 0) is 39.0 Å². The number of carbonyl (C=O) groups excluding carboxylic acids is 1. The van der Waals surface area contributed by atoms with Gasteiger partial charge in [-0.2, -0.15) is 5.26 Å². The average Bonchev–Trinajstić information content (AvgIpc) is 3.04. The average molecular weight is 380 g/mol. The fourth-order valence-corrected chi connectivity index (χ4v) is 3.64. The lowest BCUT2D eigenvalue weighted by Crippen LogP contribution is -2.33. The van der Waals surface area contributed by atoms with E-state index in [1.807, 2.05) is 55.5 Å². The molecule has 0 saturated carbocycles. The van der Waals surface area contributed by atoms with Crippen molar-refractivity contribution in [1.82, 2.24) is 19.6 Å². The van der Waals surface area contributed by atoms with E-state index in [1.165, 1.54) is 11.8 Å². The molecular weight excluding hydrogens is 360 g/mol. The van der Waals surface area contributed by atoms with E-state index in [4.69, 9.17) is 5.26 Å². The third kappa shape index (κ3) is 4.26. The summed E-state index contributed by atoms with van der Waals surface area (Å²) in [5.41, 5.74) is 3.76. The highest BCUT2D eigenvalue weighted by atomic mass is 32.2. The second kappa shape index (κ2) is 8.18. The van der Waals surface area contributed by atoms with Crippen LogP contribution in [0.1, 0.15) is 23.4 Å². The highest BCUT2D eigenvalue weighted by molar-refractivity contribution is 7.99. The topological polar surface area (TPSA) is 87.2 Å². The van der Waals surface area contributed by atoms with Gasteiger partial charge in [0.05, 0.1) is 18.2 Å². The third-order valence-corrected chi connectivity index (χ3v) is 5.00. The Morgan fingerprint density at radius 1 is 1.22 bits per heavy atom. The number of benzene rings is 1. The normalized spacial score (nSPS) is 10.7. The van der Waals surface area contributed by atoms with Crippen LogP contribution < -0.4 is 4.90 Å². The van der Waals surface area contributed by atoms with E-state index in [2.05, 4.69) is 21.3 Å². The van der Waals surface area contributed by atoms with Gasteiger partial charge in [0, 0.05) is 23.6 Å². The Morgan fingerprint density at radius 2 is 1.96 bits per heavy atom. The minimum atomic E-state index is -0.0754. The minimum Gasteiger partial charge on any atom is -0.311 e. The monoisotopic (exact) mass is 380 g/mol. The molecule has 3 rings (SSSR count). The molecule has 7 nitrogen and oxygen atoms in total. The van der Waals surface area contributed by atoms with Gasteiger partial charge >= 0.3 is 0 Å². The van der Waals surface area contributed by atoms with E-state index >= 15 is 0 Å². The number of aromatic nitrogens is 4. The summed E-state index contributed by atoms with van der Waals surface area (Å²) in [5.74, 6) is 0.656. The number of rotatable bonds is 6. The molecule has 0 aliphatic heterocycles. The van der Waals surface area contributed by atoms with Crippen LogP contribution in [0.4, 0.5) is 5.69 Å². The molecule has 27 heavy (non-hydrogen) atoms. The predicted molar refractivity (Wildman–Crippen MR) is 105 cm³/mol. The summed E-state index contributed by atoms with van der Waals surface area (Å²) >= 11 is 1.32. The Kier molecular flexibility index (Phi) is 5.72. The zero-order valence-corrected chi connectivity index (χ0v) is 16.3. The van der Waals surface area contributed by atoms with E-state index in [-0.39, 0.29) is 18.1 Å². The lowest BCUT2D eigenvalue weighted by Gasteiger charge is -2.21. The molecule has 1 aromatic carbocycles. The number of anilines is 1. The summed E-state index contributed by atoms with van der Waals surface area (Å²) < 4.78 is 1.84. The van der Waals surface area contributed by atoms with Crippen molar-refractivity contribution < 1.29 is 4.79 Å². The van der Waals surface area contributed by atoms with Crippen LogP contribution in [0, 0.1) is 32.1 Å². The third-order valence-electron chi connectivity index (χ3n) is 4.08. The molecule has 0 radical (unpaired) electrons. The molecule has 138 valence electrons. The second-order valence-electron chi connectivity index (χ2n) is 6.23. The molecule has 0 saturated heterocycles. The van der Waals surface area contributed by atoms with Gasteiger partial charge < -0.3 is 4.90 Å². The molecule has 0 unspecified atom stereocenters. The van der Waals surface area contributed by atoms with Crippen LogP contribution in [0.2, 0.25) is 0 Å². The van der Waals surface area contributed by atoms with Crippen molar-refractivity contribution in [2.45, 2.75) is 32.3 Å². The first-order valence-corrected chi connectivity index (χ1v) is 9.54. The molecule has 2 heterocycles.